The van der Waals surface area contributed by atoms with Gasteiger partial charge in [-0.15, -0.1) is 0 Å². The highest BCUT2D eigenvalue weighted by Crippen LogP contribution is 2.25. The van der Waals surface area contributed by atoms with Gasteiger partial charge in [-0.2, -0.15) is 5.26 Å². The lowest BCUT2D eigenvalue weighted by molar-refractivity contribution is 1.07. The first-order valence-corrected chi connectivity index (χ1v) is 5.97. The molecular formula is C12H10N4S. The van der Waals surface area contributed by atoms with Gasteiger partial charge in [0.1, 0.15) is 5.03 Å². The quantitative estimate of drug-likeness (QED) is 0.835. The number of nitrogens with zero attached hydrogens (tertiary/aromatic N) is 3. The van der Waals surface area contributed by atoms with Crippen molar-refractivity contribution in [2.75, 3.05) is 5.73 Å². The summed E-state index contributed by atoms with van der Waals surface area (Å²) < 4.78 is 0. The highest BCUT2D eigenvalue weighted by atomic mass is 32.2. The molecule has 0 bridgehead atoms. The molecule has 1 aromatic carbocycles. The molecule has 4 nitrogen and oxygen atoms in total. The van der Waals surface area contributed by atoms with E-state index in [1.54, 1.807) is 18.5 Å². The zero-order chi connectivity index (χ0) is 12.1. The van der Waals surface area contributed by atoms with E-state index in [0.717, 1.165) is 5.56 Å². The Morgan fingerprint density at radius 2 is 2.00 bits per heavy atom. The van der Waals surface area contributed by atoms with E-state index in [1.165, 1.54) is 11.8 Å². The monoisotopic (exact) mass is 242 g/mol. The summed E-state index contributed by atoms with van der Waals surface area (Å²) in [5.41, 5.74) is 7.36. The molecule has 0 atom stereocenters. The number of hydrogen-bond acceptors (Lipinski definition) is 5. The lowest BCUT2D eigenvalue weighted by Gasteiger charge is -2.04. The summed E-state index contributed by atoms with van der Waals surface area (Å²) in [7, 11) is 0. The molecule has 1 heterocycles. The molecule has 0 saturated carbocycles. The standard InChI is InChI=1S/C12H10N4S/c13-7-9-3-1-2-4-10(9)8-17-12-11(14)15-5-6-16-12/h1-6H,8H2,(H2,14,15). The van der Waals surface area contributed by atoms with Gasteiger partial charge in [0.25, 0.3) is 0 Å². The predicted molar refractivity (Wildman–Crippen MR) is 67.2 cm³/mol. The van der Waals surface area contributed by atoms with Gasteiger partial charge < -0.3 is 5.73 Å². The van der Waals surface area contributed by atoms with Crippen LogP contribution in [0.25, 0.3) is 0 Å². The predicted octanol–water partition coefficient (Wildman–Crippen LogP) is 2.22. The molecule has 0 radical (unpaired) electrons. The molecule has 0 spiro atoms. The van der Waals surface area contributed by atoms with Crippen LogP contribution >= 0.6 is 11.8 Å². The van der Waals surface area contributed by atoms with Crippen molar-refractivity contribution >= 4 is 17.6 Å². The van der Waals surface area contributed by atoms with Crippen LogP contribution in [0, 0.1) is 11.3 Å². The zero-order valence-corrected chi connectivity index (χ0v) is 9.81. The summed E-state index contributed by atoms with van der Waals surface area (Å²) in [6.07, 6.45) is 3.16. The molecule has 5 heteroatoms. The molecule has 1 aromatic heterocycles. The maximum absolute atomic E-state index is 8.96. The summed E-state index contributed by atoms with van der Waals surface area (Å²) in [4.78, 5) is 8.10. The Morgan fingerprint density at radius 3 is 2.76 bits per heavy atom. The largest absolute Gasteiger partial charge is 0.381 e. The molecule has 0 aliphatic rings. The molecule has 2 N–H and O–H groups in total. The first kappa shape index (κ1) is 11.4. The fourth-order valence-corrected chi connectivity index (χ4v) is 2.23. The Morgan fingerprint density at radius 1 is 1.24 bits per heavy atom. The Hall–Kier alpha value is -2.06. The lowest BCUT2D eigenvalue weighted by Crippen LogP contribution is -1.95. The van der Waals surface area contributed by atoms with E-state index in [9.17, 15) is 0 Å². The summed E-state index contributed by atoms with van der Waals surface area (Å²) in [6, 6.07) is 9.66. The maximum atomic E-state index is 8.96. The average Bonchev–Trinajstić information content (AvgIpc) is 2.38. The van der Waals surface area contributed by atoms with Crippen LogP contribution in [0.4, 0.5) is 5.82 Å². The van der Waals surface area contributed by atoms with Gasteiger partial charge in [0.05, 0.1) is 11.6 Å². The SMILES string of the molecule is N#Cc1ccccc1CSc1nccnc1N. The smallest absolute Gasteiger partial charge is 0.156 e. The number of thioether (sulfide) groups is 1. The van der Waals surface area contributed by atoms with Crippen molar-refractivity contribution < 1.29 is 0 Å². The minimum atomic E-state index is 0.423. The van der Waals surface area contributed by atoms with Gasteiger partial charge in [0, 0.05) is 18.1 Å². The third-order valence-electron chi connectivity index (χ3n) is 2.19. The van der Waals surface area contributed by atoms with Crippen LogP contribution in [0.15, 0.2) is 41.7 Å². The number of benzene rings is 1. The maximum Gasteiger partial charge on any atom is 0.156 e. The minimum absolute atomic E-state index is 0.423. The third kappa shape index (κ3) is 2.74. The van der Waals surface area contributed by atoms with Crippen LogP contribution in [-0.4, -0.2) is 9.97 Å². The van der Waals surface area contributed by atoms with Gasteiger partial charge in [-0.05, 0) is 11.6 Å². The fraction of sp³-hybridized carbons (Fsp3) is 0.0833. The van der Waals surface area contributed by atoms with Crippen molar-refractivity contribution in [3.63, 3.8) is 0 Å². The molecule has 0 unspecified atom stereocenters. The Kier molecular flexibility index (Phi) is 3.58. The van der Waals surface area contributed by atoms with Crippen molar-refractivity contribution in [3.05, 3.63) is 47.8 Å². The highest BCUT2D eigenvalue weighted by molar-refractivity contribution is 7.98. The Balaban J connectivity index is 2.13. The first-order chi connectivity index (χ1) is 8.31. The average molecular weight is 242 g/mol. The molecule has 17 heavy (non-hydrogen) atoms. The molecule has 2 rings (SSSR count). The van der Waals surface area contributed by atoms with E-state index < -0.39 is 0 Å². The van der Waals surface area contributed by atoms with Gasteiger partial charge in [-0.25, -0.2) is 9.97 Å². The summed E-state index contributed by atoms with van der Waals surface area (Å²) in [6.45, 7) is 0. The molecule has 0 aliphatic carbocycles. The van der Waals surface area contributed by atoms with Crippen molar-refractivity contribution in [1.29, 1.82) is 5.26 Å². The van der Waals surface area contributed by atoms with Gasteiger partial charge >= 0.3 is 0 Å². The fourth-order valence-electron chi connectivity index (χ4n) is 1.35. The molecule has 0 amide bonds. The Labute approximate surface area is 104 Å². The second-order valence-electron chi connectivity index (χ2n) is 3.30. The first-order valence-electron chi connectivity index (χ1n) is 4.98. The van der Waals surface area contributed by atoms with Crippen LogP contribution in [0.3, 0.4) is 0 Å². The topological polar surface area (TPSA) is 75.6 Å². The summed E-state index contributed by atoms with van der Waals surface area (Å²) in [5, 5.41) is 9.65. The van der Waals surface area contributed by atoms with Crippen molar-refractivity contribution in [1.82, 2.24) is 9.97 Å². The highest BCUT2D eigenvalue weighted by Gasteiger charge is 2.05. The second kappa shape index (κ2) is 5.32. The number of aromatic nitrogens is 2. The second-order valence-corrected chi connectivity index (χ2v) is 4.27. The van der Waals surface area contributed by atoms with Crippen molar-refractivity contribution in [2.45, 2.75) is 10.8 Å². The van der Waals surface area contributed by atoms with Crippen molar-refractivity contribution in [2.24, 2.45) is 0 Å². The van der Waals surface area contributed by atoms with Gasteiger partial charge in [-0.1, -0.05) is 30.0 Å². The summed E-state index contributed by atoms with van der Waals surface area (Å²) >= 11 is 1.48. The van der Waals surface area contributed by atoms with E-state index >= 15 is 0 Å². The number of anilines is 1. The zero-order valence-electron chi connectivity index (χ0n) is 9.00. The van der Waals surface area contributed by atoms with Crippen LogP contribution in [0.2, 0.25) is 0 Å². The molecule has 0 fully saturated rings. The minimum Gasteiger partial charge on any atom is -0.381 e. The van der Waals surface area contributed by atoms with E-state index in [1.807, 2.05) is 18.2 Å². The lowest BCUT2D eigenvalue weighted by atomic mass is 10.1. The van der Waals surface area contributed by atoms with Gasteiger partial charge in [0.2, 0.25) is 0 Å². The van der Waals surface area contributed by atoms with Crippen LogP contribution in [-0.2, 0) is 5.75 Å². The van der Waals surface area contributed by atoms with E-state index in [4.69, 9.17) is 11.0 Å². The molecule has 84 valence electrons. The van der Waals surface area contributed by atoms with Crippen LogP contribution in [0.5, 0.6) is 0 Å². The molecule has 0 saturated heterocycles. The number of nitriles is 1. The molecular weight excluding hydrogens is 232 g/mol. The number of rotatable bonds is 3. The number of nitrogen functional groups attached to an aromatic ring is 1. The van der Waals surface area contributed by atoms with E-state index in [0.29, 0.717) is 22.2 Å². The molecule has 0 aliphatic heterocycles. The third-order valence-corrected chi connectivity index (χ3v) is 3.24. The summed E-state index contributed by atoms with van der Waals surface area (Å²) in [5.74, 6) is 1.08. The number of hydrogen-bond donors (Lipinski definition) is 1. The van der Waals surface area contributed by atoms with E-state index in [-0.39, 0.29) is 0 Å². The Bertz CT molecular complexity index is 562. The van der Waals surface area contributed by atoms with E-state index in [2.05, 4.69) is 16.0 Å². The van der Waals surface area contributed by atoms with Gasteiger partial charge in [0.15, 0.2) is 5.82 Å². The molecule has 2 aromatic rings. The van der Waals surface area contributed by atoms with Gasteiger partial charge in [-0.3, -0.25) is 0 Å². The van der Waals surface area contributed by atoms with Crippen molar-refractivity contribution in [3.8, 4) is 6.07 Å². The number of nitrogens with two attached hydrogens (primary N) is 1. The van der Waals surface area contributed by atoms with Crippen LogP contribution in [0.1, 0.15) is 11.1 Å². The normalized spacial score (nSPS) is 9.82. The van der Waals surface area contributed by atoms with Crippen LogP contribution < -0.4 is 5.73 Å².